The molecule has 4 nitrogen and oxygen atoms in total. The van der Waals surface area contributed by atoms with Crippen molar-refractivity contribution in [2.45, 2.75) is 31.6 Å². The average molecular weight is 390 g/mol. The first-order valence-corrected chi connectivity index (χ1v) is 9.83. The van der Waals surface area contributed by atoms with Gasteiger partial charge < -0.3 is 5.32 Å². The minimum Gasteiger partial charge on any atom is -0.326 e. The number of carbonyl (C=O) groups is 2. The van der Waals surface area contributed by atoms with Crippen molar-refractivity contribution in [3.8, 4) is 0 Å². The molecule has 27 heavy (non-hydrogen) atoms. The normalized spacial score (nSPS) is 16.6. The van der Waals surface area contributed by atoms with E-state index in [1.165, 1.54) is 22.7 Å². The van der Waals surface area contributed by atoms with Crippen LogP contribution in [0.3, 0.4) is 0 Å². The van der Waals surface area contributed by atoms with Gasteiger partial charge in [0.25, 0.3) is 0 Å². The number of rotatable bonds is 6. The Bertz CT molecular complexity index is 860. The van der Waals surface area contributed by atoms with Crippen LogP contribution in [0.25, 0.3) is 0 Å². The second-order valence-electron chi connectivity index (χ2n) is 6.26. The number of nitrogens with one attached hydrogen (secondary N) is 1. The summed E-state index contributed by atoms with van der Waals surface area (Å²) in [6.07, 6.45) is 2.12. The van der Waals surface area contributed by atoms with E-state index in [0.29, 0.717) is 17.7 Å². The van der Waals surface area contributed by atoms with Gasteiger partial charge in [0.15, 0.2) is 0 Å². The second-order valence-corrected chi connectivity index (χ2v) is 7.33. The molecule has 1 saturated heterocycles. The van der Waals surface area contributed by atoms with Crippen molar-refractivity contribution < 1.29 is 18.4 Å². The molecule has 1 fully saturated rings. The molecule has 1 aliphatic rings. The zero-order valence-electron chi connectivity index (χ0n) is 14.9. The van der Waals surface area contributed by atoms with Crippen molar-refractivity contribution in [1.82, 2.24) is 0 Å². The Morgan fingerprint density at radius 1 is 1.26 bits per heavy atom. The van der Waals surface area contributed by atoms with E-state index < -0.39 is 17.0 Å². The molecule has 1 N–H and O–H groups in total. The SMILES string of the molecule is CCCCC(=O)Nc1ccccc1[C@H]1SCC(=O)N1c1ccc(F)cc1F. The molecule has 0 radical (unpaired) electrons. The predicted octanol–water partition coefficient (Wildman–Crippen LogP) is 4.87. The summed E-state index contributed by atoms with van der Waals surface area (Å²) in [6, 6.07) is 10.3. The Labute approximate surface area is 160 Å². The Morgan fingerprint density at radius 3 is 2.78 bits per heavy atom. The first-order chi connectivity index (χ1) is 13.0. The van der Waals surface area contributed by atoms with Gasteiger partial charge >= 0.3 is 0 Å². The molecule has 0 unspecified atom stereocenters. The lowest BCUT2D eigenvalue weighted by atomic mass is 10.1. The van der Waals surface area contributed by atoms with Crippen LogP contribution in [0.5, 0.6) is 0 Å². The van der Waals surface area contributed by atoms with E-state index in [0.717, 1.165) is 25.0 Å². The number of amides is 2. The third-order valence-electron chi connectivity index (χ3n) is 4.30. The van der Waals surface area contributed by atoms with E-state index in [-0.39, 0.29) is 23.3 Å². The number of para-hydroxylation sites is 1. The molecule has 2 amide bonds. The number of thioether (sulfide) groups is 1. The van der Waals surface area contributed by atoms with Gasteiger partial charge in [0.1, 0.15) is 17.0 Å². The summed E-state index contributed by atoms with van der Waals surface area (Å²) in [7, 11) is 0. The highest BCUT2D eigenvalue weighted by Gasteiger charge is 2.36. The maximum Gasteiger partial charge on any atom is 0.238 e. The highest BCUT2D eigenvalue weighted by atomic mass is 32.2. The number of hydrogen-bond donors (Lipinski definition) is 1. The van der Waals surface area contributed by atoms with Crippen LogP contribution in [-0.4, -0.2) is 17.6 Å². The molecule has 0 bridgehead atoms. The van der Waals surface area contributed by atoms with Crippen LogP contribution < -0.4 is 10.2 Å². The Balaban J connectivity index is 1.93. The number of nitrogens with zero attached hydrogens (tertiary/aromatic N) is 1. The van der Waals surface area contributed by atoms with Crippen LogP contribution in [0, 0.1) is 11.6 Å². The van der Waals surface area contributed by atoms with Crippen LogP contribution in [0.2, 0.25) is 0 Å². The highest BCUT2D eigenvalue weighted by molar-refractivity contribution is 8.00. The smallest absolute Gasteiger partial charge is 0.238 e. The molecule has 1 aliphatic heterocycles. The third-order valence-corrected chi connectivity index (χ3v) is 5.49. The fraction of sp³-hybridized carbons (Fsp3) is 0.300. The standard InChI is InChI=1S/C20H20F2N2O2S/c1-2-3-8-18(25)23-16-7-5-4-6-14(16)20-24(19(26)12-27-20)17-10-9-13(21)11-15(17)22/h4-7,9-11,20H,2-3,8,12H2,1H3,(H,23,25)/t20-/m1/s1. The van der Waals surface area contributed by atoms with Crippen molar-refractivity contribution >= 4 is 35.0 Å². The molecule has 142 valence electrons. The van der Waals surface area contributed by atoms with Crippen molar-refractivity contribution in [2.24, 2.45) is 0 Å². The van der Waals surface area contributed by atoms with E-state index in [1.54, 1.807) is 24.3 Å². The largest absolute Gasteiger partial charge is 0.326 e. The predicted molar refractivity (Wildman–Crippen MR) is 104 cm³/mol. The Hall–Kier alpha value is -2.41. The van der Waals surface area contributed by atoms with Gasteiger partial charge in [-0.05, 0) is 24.6 Å². The molecule has 0 aliphatic carbocycles. The number of halogens is 2. The van der Waals surface area contributed by atoms with Crippen LogP contribution in [-0.2, 0) is 9.59 Å². The summed E-state index contributed by atoms with van der Waals surface area (Å²) >= 11 is 1.34. The fourth-order valence-corrected chi connectivity index (χ4v) is 4.17. The minimum absolute atomic E-state index is 0.0310. The quantitative estimate of drug-likeness (QED) is 0.765. The molecular weight excluding hydrogens is 370 g/mol. The maximum absolute atomic E-state index is 14.3. The molecule has 0 spiro atoms. The lowest BCUT2D eigenvalue weighted by Crippen LogP contribution is -2.29. The summed E-state index contributed by atoms with van der Waals surface area (Å²) in [6.45, 7) is 2.01. The Kier molecular flexibility index (Phi) is 6.11. The molecule has 1 heterocycles. The van der Waals surface area contributed by atoms with Gasteiger partial charge in [0.05, 0.1) is 11.4 Å². The Morgan fingerprint density at radius 2 is 2.04 bits per heavy atom. The van der Waals surface area contributed by atoms with Crippen molar-refractivity contribution in [1.29, 1.82) is 0 Å². The summed E-state index contributed by atoms with van der Waals surface area (Å²) < 4.78 is 27.6. The third kappa shape index (κ3) is 4.30. The minimum atomic E-state index is -0.791. The number of benzene rings is 2. The average Bonchev–Trinajstić information content (AvgIpc) is 3.02. The number of unbranched alkanes of at least 4 members (excludes halogenated alkanes) is 1. The zero-order chi connectivity index (χ0) is 19.4. The lowest BCUT2D eigenvalue weighted by molar-refractivity contribution is -0.116. The highest BCUT2D eigenvalue weighted by Crippen LogP contribution is 2.44. The van der Waals surface area contributed by atoms with E-state index in [1.807, 2.05) is 6.92 Å². The lowest BCUT2D eigenvalue weighted by Gasteiger charge is -2.26. The molecule has 2 aromatic carbocycles. The van der Waals surface area contributed by atoms with Crippen LogP contribution in [0.1, 0.15) is 37.1 Å². The van der Waals surface area contributed by atoms with Crippen LogP contribution >= 0.6 is 11.8 Å². The van der Waals surface area contributed by atoms with Gasteiger partial charge in [0, 0.05) is 23.7 Å². The molecule has 0 saturated carbocycles. The molecule has 0 aromatic heterocycles. The van der Waals surface area contributed by atoms with Gasteiger partial charge in [-0.15, -0.1) is 11.8 Å². The van der Waals surface area contributed by atoms with E-state index >= 15 is 0 Å². The van der Waals surface area contributed by atoms with E-state index in [4.69, 9.17) is 0 Å². The number of anilines is 2. The number of hydrogen-bond acceptors (Lipinski definition) is 3. The summed E-state index contributed by atoms with van der Waals surface area (Å²) in [5.74, 6) is -1.67. The first kappa shape index (κ1) is 19.4. The van der Waals surface area contributed by atoms with Gasteiger partial charge in [-0.25, -0.2) is 8.78 Å². The van der Waals surface area contributed by atoms with Crippen molar-refractivity contribution in [3.63, 3.8) is 0 Å². The molecular formula is C20H20F2N2O2S. The first-order valence-electron chi connectivity index (χ1n) is 8.78. The molecule has 1 atom stereocenters. The van der Waals surface area contributed by atoms with Gasteiger partial charge in [-0.2, -0.15) is 0 Å². The summed E-state index contributed by atoms with van der Waals surface area (Å²) in [5.41, 5.74) is 1.34. The van der Waals surface area contributed by atoms with Gasteiger partial charge in [-0.1, -0.05) is 31.5 Å². The zero-order valence-corrected chi connectivity index (χ0v) is 15.7. The number of carbonyl (C=O) groups excluding carboxylic acids is 2. The summed E-state index contributed by atoms with van der Waals surface area (Å²) in [5, 5.41) is 2.39. The van der Waals surface area contributed by atoms with Crippen LogP contribution in [0.4, 0.5) is 20.2 Å². The van der Waals surface area contributed by atoms with Crippen molar-refractivity contribution in [3.05, 3.63) is 59.7 Å². The molecule has 2 aromatic rings. The second kappa shape index (κ2) is 8.52. The van der Waals surface area contributed by atoms with Gasteiger partial charge in [-0.3, -0.25) is 14.5 Å². The summed E-state index contributed by atoms with van der Waals surface area (Å²) in [4.78, 5) is 25.9. The van der Waals surface area contributed by atoms with E-state index in [2.05, 4.69) is 5.32 Å². The maximum atomic E-state index is 14.3. The van der Waals surface area contributed by atoms with Gasteiger partial charge in [0.2, 0.25) is 11.8 Å². The fourth-order valence-electron chi connectivity index (χ4n) is 2.97. The monoisotopic (exact) mass is 390 g/mol. The topological polar surface area (TPSA) is 49.4 Å². The molecule has 7 heteroatoms. The van der Waals surface area contributed by atoms with E-state index in [9.17, 15) is 18.4 Å². The molecule has 3 rings (SSSR count). The van der Waals surface area contributed by atoms with Crippen molar-refractivity contribution in [2.75, 3.05) is 16.0 Å². The van der Waals surface area contributed by atoms with Crippen LogP contribution in [0.15, 0.2) is 42.5 Å².